The van der Waals surface area contributed by atoms with Crippen LogP contribution >= 0.6 is 27.5 Å². The van der Waals surface area contributed by atoms with Gasteiger partial charge in [0.05, 0.1) is 5.02 Å². The summed E-state index contributed by atoms with van der Waals surface area (Å²) in [6.45, 7) is 6.43. The molecular formula is C19H22BrClFNO. The summed E-state index contributed by atoms with van der Waals surface area (Å²) in [5.74, 6) is 1.13. The van der Waals surface area contributed by atoms with Crippen molar-refractivity contribution in [1.82, 2.24) is 5.32 Å². The van der Waals surface area contributed by atoms with Crippen molar-refractivity contribution in [2.45, 2.75) is 33.4 Å². The van der Waals surface area contributed by atoms with E-state index in [-0.39, 0.29) is 5.82 Å². The van der Waals surface area contributed by atoms with Crippen molar-refractivity contribution in [1.29, 1.82) is 0 Å². The molecule has 0 radical (unpaired) electrons. The van der Waals surface area contributed by atoms with E-state index < -0.39 is 0 Å². The lowest BCUT2D eigenvalue weighted by Crippen LogP contribution is -2.17. The highest BCUT2D eigenvalue weighted by atomic mass is 79.9. The zero-order valence-corrected chi connectivity index (χ0v) is 16.3. The van der Waals surface area contributed by atoms with Crippen molar-refractivity contribution < 1.29 is 9.13 Å². The second-order valence-electron chi connectivity index (χ2n) is 6.14. The van der Waals surface area contributed by atoms with Gasteiger partial charge in [-0.15, -0.1) is 0 Å². The summed E-state index contributed by atoms with van der Waals surface area (Å²) in [5.41, 5.74) is 1.84. The van der Waals surface area contributed by atoms with Gasteiger partial charge in [-0.2, -0.15) is 0 Å². The first-order valence-electron chi connectivity index (χ1n) is 8.01. The van der Waals surface area contributed by atoms with Crippen LogP contribution in [-0.2, 0) is 13.2 Å². The van der Waals surface area contributed by atoms with E-state index in [1.54, 1.807) is 6.07 Å². The Labute approximate surface area is 156 Å². The van der Waals surface area contributed by atoms with Gasteiger partial charge in [0.2, 0.25) is 0 Å². The van der Waals surface area contributed by atoms with Crippen molar-refractivity contribution in [2.75, 3.05) is 6.54 Å². The first kappa shape index (κ1) is 19.2. The lowest BCUT2D eigenvalue weighted by atomic mass is 10.1. The van der Waals surface area contributed by atoms with E-state index >= 15 is 0 Å². The third-order valence-electron chi connectivity index (χ3n) is 3.63. The molecule has 24 heavy (non-hydrogen) atoms. The van der Waals surface area contributed by atoms with Crippen LogP contribution in [0, 0.1) is 11.7 Å². The van der Waals surface area contributed by atoms with Gasteiger partial charge >= 0.3 is 0 Å². The number of rotatable bonds is 8. The molecule has 0 aliphatic rings. The maximum absolute atomic E-state index is 13.1. The molecule has 0 saturated heterocycles. The summed E-state index contributed by atoms with van der Waals surface area (Å²) >= 11 is 9.55. The summed E-state index contributed by atoms with van der Waals surface area (Å²) in [6, 6.07) is 10.3. The van der Waals surface area contributed by atoms with Crippen LogP contribution in [-0.4, -0.2) is 6.54 Å². The highest BCUT2D eigenvalue weighted by molar-refractivity contribution is 9.10. The van der Waals surface area contributed by atoms with Crippen molar-refractivity contribution in [2.24, 2.45) is 5.92 Å². The fraction of sp³-hybridized carbons (Fsp3) is 0.368. The van der Waals surface area contributed by atoms with Gasteiger partial charge in [-0.3, -0.25) is 0 Å². The molecule has 0 saturated carbocycles. The lowest BCUT2D eigenvalue weighted by molar-refractivity contribution is 0.302. The Bertz CT molecular complexity index is 678. The van der Waals surface area contributed by atoms with E-state index in [9.17, 15) is 4.39 Å². The molecule has 0 heterocycles. The quantitative estimate of drug-likeness (QED) is 0.538. The van der Waals surface area contributed by atoms with Crippen molar-refractivity contribution >= 4 is 27.5 Å². The molecule has 0 unspecified atom stereocenters. The van der Waals surface area contributed by atoms with Gasteiger partial charge in [-0.25, -0.2) is 4.39 Å². The minimum Gasteiger partial charge on any atom is -0.489 e. The Morgan fingerprint density at radius 2 is 1.96 bits per heavy atom. The molecule has 0 bridgehead atoms. The highest BCUT2D eigenvalue weighted by Crippen LogP contribution is 2.25. The van der Waals surface area contributed by atoms with Crippen LogP contribution in [0.5, 0.6) is 5.75 Å². The van der Waals surface area contributed by atoms with Crippen LogP contribution in [0.3, 0.4) is 0 Å². The summed E-state index contributed by atoms with van der Waals surface area (Å²) < 4.78 is 20.0. The van der Waals surface area contributed by atoms with Gasteiger partial charge < -0.3 is 10.1 Å². The number of nitrogens with one attached hydrogen (secondary N) is 1. The molecule has 130 valence electrons. The number of hydrogen-bond acceptors (Lipinski definition) is 2. The molecular weight excluding hydrogens is 393 g/mol. The third kappa shape index (κ3) is 6.08. The summed E-state index contributed by atoms with van der Waals surface area (Å²) in [6.07, 6.45) is 1.13. The van der Waals surface area contributed by atoms with Crippen LogP contribution in [0.25, 0.3) is 0 Å². The second kappa shape index (κ2) is 9.40. The molecule has 1 N–H and O–H groups in total. The molecule has 0 aliphatic carbocycles. The van der Waals surface area contributed by atoms with Crippen LogP contribution in [0.15, 0.2) is 40.9 Å². The van der Waals surface area contributed by atoms with Crippen LogP contribution < -0.4 is 10.1 Å². The average Bonchev–Trinajstić information content (AvgIpc) is 2.52. The molecule has 0 atom stereocenters. The molecule has 2 aromatic carbocycles. The molecule has 2 aromatic rings. The molecule has 2 nitrogen and oxygen atoms in total. The van der Waals surface area contributed by atoms with E-state index in [2.05, 4.69) is 35.1 Å². The van der Waals surface area contributed by atoms with E-state index in [0.29, 0.717) is 17.5 Å². The average molecular weight is 415 g/mol. The predicted molar refractivity (Wildman–Crippen MR) is 101 cm³/mol. The fourth-order valence-corrected chi connectivity index (χ4v) is 2.87. The van der Waals surface area contributed by atoms with E-state index in [0.717, 1.165) is 40.9 Å². The molecule has 2 rings (SSSR count). The Balaban J connectivity index is 2.01. The maximum atomic E-state index is 13.1. The fourth-order valence-electron chi connectivity index (χ4n) is 2.24. The Kier molecular flexibility index (Phi) is 7.53. The second-order valence-corrected chi connectivity index (χ2v) is 7.46. The third-order valence-corrected chi connectivity index (χ3v) is 4.48. The molecule has 0 amide bonds. The van der Waals surface area contributed by atoms with Gasteiger partial charge in [0, 0.05) is 22.1 Å². The number of hydrogen-bond donors (Lipinski definition) is 1. The van der Waals surface area contributed by atoms with Crippen molar-refractivity contribution in [3.63, 3.8) is 0 Å². The first-order valence-corrected chi connectivity index (χ1v) is 9.18. The van der Waals surface area contributed by atoms with Gasteiger partial charge in [0.15, 0.2) is 0 Å². The normalized spacial score (nSPS) is 11.1. The molecule has 5 heteroatoms. The van der Waals surface area contributed by atoms with E-state index in [1.807, 2.05) is 18.2 Å². The number of ether oxygens (including phenoxy) is 1. The van der Waals surface area contributed by atoms with Crippen LogP contribution in [0.1, 0.15) is 31.4 Å². The van der Waals surface area contributed by atoms with Crippen LogP contribution in [0.2, 0.25) is 5.02 Å². The Hall–Kier alpha value is -1.10. The molecule has 0 fully saturated rings. The molecule has 0 aliphatic heterocycles. The van der Waals surface area contributed by atoms with Crippen molar-refractivity contribution in [3.8, 4) is 5.75 Å². The molecule has 0 spiro atoms. The zero-order chi connectivity index (χ0) is 17.5. The molecule has 0 aromatic heterocycles. The SMILES string of the molecule is CC(C)CCNCc1cc(Br)ccc1OCc1ccc(F)cc1Cl. The first-order chi connectivity index (χ1) is 11.5. The van der Waals surface area contributed by atoms with Gasteiger partial charge in [-0.05, 0) is 49.2 Å². The summed E-state index contributed by atoms with van der Waals surface area (Å²) in [5, 5.41) is 3.82. The Morgan fingerprint density at radius 1 is 1.17 bits per heavy atom. The van der Waals surface area contributed by atoms with E-state index in [4.69, 9.17) is 16.3 Å². The Morgan fingerprint density at radius 3 is 2.67 bits per heavy atom. The van der Waals surface area contributed by atoms with Crippen molar-refractivity contribution in [3.05, 3.63) is 62.8 Å². The summed E-state index contributed by atoms with van der Waals surface area (Å²) in [4.78, 5) is 0. The van der Waals surface area contributed by atoms with Gasteiger partial charge in [0.25, 0.3) is 0 Å². The van der Waals surface area contributed by atoms with Crippen LogP contribution in [0.4, 0.5) is 4.39 Å². The number of benzene rings is 2. The van der Waals surface area contributed by atoms with Gasteiger partial charge in [-0.1, -0.05) is 47.4 Å². The largest absolute Gasteiger partial charge is 0.489 e. The highest BCUT2D eigenvalue weighted by Gasteiger charge is 2.08. The summed E-state index contributed by atoms with van der Waals surface area (Å²) in [7, 11) is 0. The minimum absolute atomic E-state index is 0.305. The lowest BCUT2D eigenvalue weighted by Gasteiger charge is -2.14. The van der Waals surface area contributed by atoms with Gasteiger partial charge in [0.1, 0.15) is 18.2 Å². The standard InChI is InChI=1S/C19H22BrClFNO/c1-13(2)7-8-23-11-15-9-16(20)4-6-19(15)24-12-14-3-5-17(22)10-18(14)21/h3-6,9-10,13,23H,7-8,11-12H2,1-2H3. The maximum Gasteiger partial charge on any atom is 0.124 e. The monoisotopic (exact) mass is 413 g/mol. The number of halogens is 3. The van der Waals surface area contributed by atoms with E-state index in [1.165, 1.54) is 12.1 Å². The smallest absolute Gasteiger partial charge is 0.124 e. The topological polar surface area (TPSA) is 21.3 Å². The minimum atomic E-state index is -0.345. The predicted octanol–water partition coefficient (Wildman–Crippen LogP) is 5.96. The zero-order valence-electron chi connectivity index (χ0n) is 13.9.